The Bertz CT molecular complexity index is 462. The normalized spacial score (nSPS) is 20.6. The van der Waals surface area contributed by atoms with E-state index in [0.29, 0.717) is 6.42 Å². The van der Waals surface area contributed by atoms with E-state index in [1.807, 2.05) is 29.2 Å². The molecule has 1 aliphatic rings. The van der Waals surface area contributed by atoms with E-state index in [9.17, 15) is 4.79 Å². The SMILES string of the molecule is COc1ccccc1C(C)CC(=O)N1CCNC[C@H]1C. The summed E-state index contributed by atoms with van der Waals surface area (Å²) in [6, 6.07) is 8.21. The van der Waals surface area contributed by atoms with Crippen molar-refractivity contribution in [3.63, 3.8) is 0 Å². The van der Waals surface area contributed by atoms with Crippen LogP contribution in [-0.2, 0) is 4.79 Å². The number of carbonyl (C=O) groups excluding carboxylic acids is 1. The molecular weight excluding hydrogens is 252 g/mol. The first-order valence-electron chi connectivity index (χ1n) is 7.26. The summed E-state index contributed by atoms with van der Waals surface area (Å²) in [5.74, 6) is 1.26. The van der Waals surface area contributed by atoms with Crippen LogP contribution in [0, 0.1) is 0 Å². The Kier molecular flexibility index (Phi) is 5.01. The molecule has 1 heterocycles. The summed E-state index contributed by atoms with van der Waals surface area (Å²) >= 11 is 0. The number of benzene rings is 1. The number of piperazine rings is 1. The number of methoxy groups -OCH3 is 1. The van der Waals surface area contributed by atoms with Gasteiger partial charge in [-0.3, -0.25) is 4.79 Å². The summed E-state index contributed by atoms with van der Waals surface area (Å²) in [4.78, 5) is 14.4. The highest BCUT2D eigenvalue weighted by Gasteiger charge is 2.25. The maximum absolute atomic E-state index is 12.4. The van der Waals surface area contributed by atoms with Gasteiger partial charge in [0.25, 0.3) is 0 Å². The Hall–Kier alpha value is -1.55. The Morgan fingerprint density at radius 1 is 1.50 bits per heavy atom. The highest BCUT2D eigenvalue weighted by atomic mass is 16.5. The minimum Gasteiger partial charge on any atom is -0.496 e. The average molecular weight is 276 g/mol. The van der Waals surface area contributed by atoms with Crippen molar-refractivity contribution in [3.8, 4) is 5.75 Å². The van der Waals surface area contributed by atoms with Gasteiger partial charge in [-0.25, -0.2) is 0 Å². The third-order valence-electron chi connectivity index (χ3n) is 3.97. The zero-order chi connectivity index (χ0) is 14.5. The minimum absolute atomic E-state index is 0.167. The summed E-state index contributed by atoms with van der Waals surface area (Å²) in [5.41, 5.74) is 1.10. The third-order valence-corrected chi connectivity index (χ3v) is 3.97. The Labute approximate surface area is 121 Å². The van der Waals surface area contributed by atoms with Gasteiger partial charge in [-0.2, -0.15) is 0 Å². The van der Waals surface area contributed by atoms with E-state index in [1.54, 1.807) is 7.11 Å². The monoisotopic (exact) mass is 276 g/mol. The number of rotatable bonds is 4. The third kappa shape index (κ3) is 3.31. The molecule has 1 aromatic rings. The molecule has 0 bridgehead atoms. The molecular formula is C16H24N2O2. The molecule has 4 heteroatoms. The van der Waals surface area contributed by atoms with Crippen LogP contribution in [0.3, 0.4) is 0 Å². The second-order valence-corrected chi connectivity index (χ2v) is 5.49. The fourth-order valence-electron chi connectivity index (χ4n) is 2.77. The number of nitrogens with zero attached hydrogens (tertiary/aromatic N) is 1. The molecule has 1 N–H and O–H groups in total. The molecule has 0 saturated carbocycles. The molecule has 4 nitrogen and oxygen atoms in total. The largest absolute Gasteiger partial charge is 0.496 e. The Morgan fingerprint density at radius 2 is 2.25 bits per heavy atom. The number of carbonyl (C=O) groups is 1. The molecule has 2 atom stereocenters. The second kappa shape index (κ2) is 6.75. The summed E-state index contributed by atoms with van der Waals surface area (Å²) in [6.45, 7) is 6.76. The van der Waals surface area contributed by atoms with Crippen LogP contribution in [0.5, 0.6) is 5.75 Å². The molecule has 0 aliphatic carbocycles. The number of nitrogens with one attached hydrogen (secondary N) is 1. The van der Waals surface area contributed by atoms with Gasteiger partial charge in [0.05, 0.1) is 7.11 Å². The summed E-state index contributed by atoms with van der Waals surface area (Å²) in [6.07, 6.45) is 0.532. The van der Waals surface area contributed by atoms with E-state index in [0.717, 1.165) is 30.9 Å². The summed E-state index contributed by atoms with van der Waals surface area (Å²) < 4.78 is 5.38. The van der Waals surface area contributed by atoms with Crippen LogP contribution in [0.25, 0.3) is 0 Å². The van der Waals surface area contributed by atoms with Gasteiger partial charge in [-0.15, -0.1) is 0 Å². The number of amides is 1. The van der Waals surface area contributed by atoms with Gasteiger partial charge in [0, 0.05) is 32.1 Å². The van der Waals surface area contributed by atoms with E-state index in [4.69, 9.17) is 4.74 Å². The zero-order valence-electron chi connectivity index (χ0n) is 12.6. The van der Waals surface area contributed by atoms with Gasteiger partial charge < -0.3 is 15.0 Å². The van der Waals surface area contributed by atoms with Crippen LogP contribution in [0.1, 0.15) is 31.7 Å². The molecule has 2 rings (SSSR count). The first kappa shape index (κ1) is 14.9. The molecule has 110 valence electrons. The van der Waals surface area contributed by atoms with Crippen molar-refractivity contribution < 1.29 is 9.53 Å². The first-order chi connectivity index (χ1) is 9.63. The van der Waals surface area contributed by atoms with Crippen LogP contribution >= 0.6 is 0 Å². The van der Waals surface area contributed by atoms with Crippen molar-refractivity contribution in [1.82, 2.24) is 10.2 Å². The molecule has 1 fully saturated rings. The molecule has 1 saturated heterocycles. The van der Waals surface area contributed by atoms with E-state index >= 15 is 0 Å². The number of ether oxygens (including phenoxy) is 1. The zero-order valence-corrected chi connectivity index (χ0v) is 12.6. The molecule has 1 unspecified atom stereocenters. The van der Waals surface area contributed by atoms with Gasteiger partial charge >= 0.3 is 0 Å². The van der Waals surface area contributed by atoms with E-state index in [-0.39, 0.29) is 17.9 Å². The van der Waals surface area contributed by atoms with Crippen molar-refractivity contribution >= 4 is 5.91 Å². The van der Waals surface area contributed by atoms with Crippen molar-refractivity contribution in [2.75, 3.05) is 26.7 Å². The Balaban J connectivity index is 2.03. The van der Waals surface area contributed by atoms with Crippen molar-refractivity contribution in [3.05, 3.63) is 29.8 Å². The lowest BCUT2D eigenvalue weighted by Gasteiger charge is -2.34. The molecule has 1 aliphatic heterocycles. The molecule has 0 aromatic heterocycles. The van der Waals surface area contributed by atoms with Crippen LogP contribution in [0.4, 0.5) is 0 Å². The Morgan fingerprint density at radius 3 is 2.95 bits per heavy atom. The molecule has 20 heavy (non-hydrogen) atoms. The van der Waals surface area contributed by atoms with Crippen molar-refractivity contribution in [1.29, 1.82) is 0 Å². The average Bonchev–Trinajstić information content (AvgIpc) is 2.47. The van der Waals surface area contributed by atoms with E-state index < -0.39 is 0 Å². The standard InChI is InChI=1S/C16H24N2O2/c1-12(14-6-4-5-7-15(14)20-3)10-16(19)18-9-8-17-11-13(18)2/h4-7,12-13,17H,8-11H2,1-3H3/t12?,13-/m1/s1. The van der Waals surface area contributed by atoms with Crippen LogP contribution in [0.2, 0.25) is 0 Å². The molecule has 0 spiro atoms. The van der Waals surface area contributed by atoms with E-state index in [1.165, 1.54) is 0 Å². The van der Waals surface area contributed by atoms with Crippen LogP contribution in [0.15, 0.2) is 24.3 Å². The predicted octanol–water partition coefficient (Wildman–Crippen LogP) is 2.01. The van der Waals surface area contributed by atoms with Crippen LogP contribution < -0.4 is 10.1 Å². The van der Waals surface area contributed by atoms with Gasteiger partial charge in [-0.05, 0) is 24.5 Å². The fourth-order valence-corrected chi connectivity index (χ4v) is 2.77. The highest BCUT2D eigenvalue weighted by molar-refractivity contribution is 5.77. The van der Waals surface area contributed by atoms with Crippen molar-refractivity contribution in [2.45, 2.75) is 32.2 Å². The van der Waals surface area contributed by atoms with Gasteiger partial charge in [0.1, 0.15) is 5.75 Å². The van der Waals surface area contributed by atoms with Gasteiger partial charge in [0.2, 0.25) is 5.91 Å². The smallest absolute Gasteiger partial charge is 0.223 e. The molecule has 1 amide bonds. The van der Waals surface area contributed by atoms with Crippen molar-refractivity contribution in [2.24, 2.45) is 0 Å². The fraction of sp³-hybridized carbons (Fsp3) is 0.562. The predicted molar refractivity (Wildman–Crippen MR) is 80.1 cm³/mol. The lowest BCUT2D eigenvalue weighted by Crippen LogP contribution is -2.52. The number of para-hydroxylation sites is 1. The lowest BCUT2D eigenvalue weighted by atomic mass is 9.95. The lowest BCUT2D eigenvalue weighted by molar-refractivity contribution is -0.134. The van der Waals surface area contributed by atoms with Crippen LogP contribution in [-0.4, -0.2) is 43.6 Å². The maximum atomic E-state index is 12.4. The minimum atomic E-state index is 0.167. The summed E-state index contributed by atoms with van der Waals surface area (Å²) in [7, 11) is 1.67. The highest BCUT2D eigenvalue weighted by Crippen LogP contribution is 2.29. The first-order valence-corrected chi connectivity index (χ1v) is 7.26. The van der Waals surface area contributed by atoms with Gasteiger partial charge in [0.15, 0.2) is 0 Å². The topological polar surface area (TPSA) is 41.6 Å². The quantitative estimate of drug-likeness (QED) is 0.914. The second-order valence-electron chi connectivity index (χ2n) is 5.49. The number of hydrogen-bond donors (Lipinski definition) is 1. The molecule has 0 radical (unpaired) electrons. The van der Waals surface area contributed by atoms with Gasteiger partial charge in [-0.1, -0.05) is 25.1 Å². The van der Waals surface area contributed by atoms with E-state index in [2.05, 4.69) is 19.2 Å². The number of hydrogen-bond acceptors (Lipinski definition) is 3. The summed E-state index contributed by atoms with van der Waals surface area (Å²) in [5, 5.41) is 3.31. The maximum Gasteiger partial charge on any atom is 0.223 e. The molecule has 1 aromatic carbocycles.